The molecule has 4 aromatic rings. The predicted molar refractivity (Wildman–Crippen MR) is 101 cm³/mol. The first-order chi connectivity index (χ1) is 11.8. The highest BCUT2D eigenvalue weighted by molar-refractivity contribution is 7.18. The zero-order valence-electron chi connectivity index (χ0n) is 13.5. The number of benzene rings is 1. The molecule has 0 atom stereocenters. The number of aromatic nitrogens is 3. The Balaban J connectivity index is 1.66. The molecule has 3 aromatic heterocycles. The van der Waals surface area contributed by atoms with Crippen molar-refractivity contribution in [3.05, 3.63) is 52.8 Å². The van der Waals surface area contributed by atoms with Crippen LogP contribution in [-0.4, -0.2) is 21.2 Å². The van der Waals surface area contributed by atoms with Gasteiger partial charge in [-0.25, -0.2) is 9.97 Å². The van der Waals surface area contributed by atoms with E-state index in [2.05, 4.69) is 57.5 Å². The van der Waals surface area contributed by atoms with Crippen LogP contribution in [0, 0.1) is 6.92 Å². The number of fused-ring (bicyclic) bond motifs is 2. The third-order valence-corrected chi connectivity index (χ3v) is 5.22. The number of hydrogen-bond acceptors (Lipinski definition) is 5. The van der Waals surface area contributed by atoms with Crippen molar-refractivity contribution in [2.45, 2.75) is 20.3 Å². The Bertz CT molecular complexity index is 1040. The number of H-pyrrole nitrogens is 1. The minimum absolute atomic E-state index is 0.740. The van der Waals surface area contributed by atoms with Gasteiger partial charge in [0.05, 0.1) is 11.6 Å². The van der Waals surface area contributed by atoms with Crippen molar-refractivity contribution in [3.63, 3.8) is 0 Å². The normalized spacial score (nSPS) is 11.8. The summed E-state index contributed by atoms with van der Waals surface area (Å²) in [6.07, 6.45) is 4.42. The van der Waals surface area contributed by atoms with E-state index in [1.165, 1.54) is 4.88 Å². The first-order valence-corrected chi connectivity index (χ1v) is 8.67. The molecule has 120 valence electrons. The Hall–Kier alpha value is -2.73. The van der Waals surface area contributed by atoms with E-state index in [4.69, 9.17) is 0 Å². The van der Waals surface area contributed by atoms with Gasteiger partial charge in [0.1, 0.15) is 11.2 Å². The number of rotatable bonds is 4. The van der Waals surface area contributed by atoms with Crippen molar-refractivity contribution in [3.8, 4) is 0 Å². The maximum atomic E-state index is 4.40. The smallest absolute Gasteiger partial charge is 0.158 e. The summed E-state index contributed by atoms with van der Waals surface area (Å²) >= 11 is 1.70. The molecule has 0 fully saturated rings. The van der Waals surface area contributed by atoms with Gasteiger partial charge in [-0.1, -0.05) is 25.1 Å². The zero-order chi connectivity index (χ0) is 16.5. The number of aromatic amines is 1. The maximum Gasteiger partial charge on any atom is 0.158 e. The molecule has 24 heavy (non-hydrogen) atoms. The lowest BCUT2D eigenvalue weighted by Crippen LogP contribution is -1.95. The first kappa shape index (κ1) is 14.8. The van der Waals surface area contributed by atoms with Crippen LogP contribution in [0.15, 0.2) is 41.8 Å². The maximum absolute atomic E-state index is 4.40. The van der Waals surface area contributed by atoms with Gasteiger partial charge in [-0.05, 0) is 25.5 Å². The summed E-state index contributed by atoms with van der Waals surface area (Å²) in [6, 6.07) is 10.4. The van der Waals surface area contributed by atoms with Gasteiger partial charge in [-0.3, -0.25) is 5.43 Å². The van der Waals surface area contributed by atoms with E-state index in [9.17, 15) is 0 Å². The number of nitrogens with one attached hydrogen (secondary N) is 2. The number of nitrogens with zero attached hydrogens (tertiary/aromatic N) is 3. The second-order valence-corrected chi connectivity index (χ2v) is 6.70. The van der Waals surface area contributed by atoms with Crippen LogP contribution in [0.2, 0.25) is 0 Å². The molecule has 0 saturated heterocycles. The van der Waals surface area contributed by atoms with Crippen LogP contribution in [0.4, 0.5) is 5.82 Å². The van der Waals surface area contributed by atoms with Crippen LogP contribution < -0.4 is 5.43 Å². The largest absolute Gasteiger partial charge is 0.358 e. The molecule has 0 unspecified atom stereocenters. The van der Waals surface area contributed by atoms with Crippen molar-refractivity contribution < 1.29 is 0 Å². The number of para-hydroxylation sites is 1. The van der Waals surface area contributed by atoms with Gasteiger partial charge in [0.2, 0.25) is 0 Å². The highest BCUT2D eigenvalue weighted by Crippen LogP contribution is 2.28. The molecule has 0 aliphatic rings. The second kappa shape index (κ2) is 6.05. The number of thiophene rings is 1. The van der Waals surface area contributed by atoms with Gasteiger partial charge in [-0.15, -0.1) is 11.3 Å². The lowest BCUT2D eigenvalue weighted by atomic mass is 10.1. The summed E-state index contributed by atoms with van der Waals surface area (Å²) < 4.78 is 0. The minimum Gasteiger partial charge on any atom is -0.358 e. The van der Waals surface area contributed by atoms with Crippen LogP contribution in [0.5, 0.6) is 0 Å². The Morgan fingerprint density at radius 2 is 2.12 bits per heavy atom. The van der Waals surface area contributed by atoms with Crippen molar-refractivity contribution in [1.82, 2.24) is 15.0 Å². The molecule has 1 aromatic carbocycles. The fourth-order valence-corrected chi connectivity index (χ4v) is 3.73. The standard InChI is InChI=1S/C18H17N5S/c1-3-12-8-14-17(19-10-20-18(14)24-12)23-21-9-15-11(2)22-16-7-5-4-6-13(15)16/h4-10,22H,3H2,1-2H3,(H,19,20,23)/b21-9-. The molecular weight excluding hydrogens is 318 g/mol. The van der Waals surface area contributed by atoms with Crippen molar-refractivity contribution >= 4 is 44.5 Å². The number of hydrazone groups is 1. The second-order valence-electron chi connectivity index (χ2n) is 5.59. The molecule has 3 heterocycles. The summed E-state index contributed by atoms with van der Waals surface area (Å²) in [5.41, 5.74) is 6.37. The van der Waals surface area contributed by atoms with Crippen LogP contribution >= 0.6 is 11.3 Å². The lowest BCUT2D eigenvalue weighted by Gasteiger charge is -2.00. The van der Waals surface area contributed by atoms with Crippen LogP contribution in [0.3, 0.4) is 0 Å². The molecule has 0 spiro atoms. The third kappa shape index (κ3) is 2.55. The van der Waals surface area contributed by atoms with E-state index in [-0.39, 0.29) is 0 Å². The van der Waals surface area contributed by atoms with E-state index in [1.807, 2.05) is 18.3 Å². The van der Waals surface area contributed by atoms with Crippen LogP contribution in [0.1, 0.15) is 23.1 Å². The highest BCUT2D eigenvalue weighted by atomic mass is 32.1. The van der Waals surface area contributed by atoms with Crippen molar-refractivity contribution in [1.29, 1.82) is 0 Å². The average molecular weight is 335 g/mol. The molecule has 2 N–H and O–H groups in total. The molecule has 0 saturated carbocycles. The monoisotopic (exact) mass is 335 g/mol. The summed E-state index contributed by atoms with van der Waals surface area (Å²) in [4.78, 5) is 14.3. The fourth-order valence-electron chi connectivity index (χ4n) is 2.79. The van der Waals surface area contributed by atoms with E-state index in [0.717, 1.165) is 44.6 Å². The Labute approximate surface area is 143 Å². The number of hydrogen-bond donors (Lipinski definition) is 2. The minimum atomic E-state index is 0.740. The van der Waals surface area contributed by atoms with Crippen molar-refractivity contribution in [2.24, 2.45) is 5.10 Å². The molecule has 0 bridgehead atoms. The molecule has 4 rings (SSSR count). The Morgan fingerprint density at radius 3 is 3.00 bits per heavy atom. The van der Waals surface area contributed by atoms with E-state index < -0.39 is 0 Å². The topological polar surface area (TPSA) is 66.0 Å². The molecular formula is C18H17N5S. The fraction of sp³-hybridized carbons (Fsp3) is 0.167. The van der Waals surface area contributed by atoms with Gasteiger partial charge >= 0.3 is 0 Å². The molecule has 0 aliphatic heterocycles. The number of anilines is 1. The van der Waals surface area contributed by atoms with E-state index >= 15 is 0 Å². The lowest BCUT2D eigenvalue weighted by molar-refractivity contribution is 1.18. The van der Waals surface area contributed by atoms with Crippen molar-refractivity contribution in [2.75, 3.05) is 5.43 Å². The quantitative estimate of drug-likeness (QED) is 0.426. The van der Waals surface area contributed by atoms with Gasteiger partial charge in [0, 0.05) is 27.0 Å². The predicted octanol–water partition coefficient (Wildman–Crippen LogP) is 4.49. The zero-order valence-corrected chi connectivity index (χ0v) is 14.3. The van der Waals surface area contributed by atoms with Gasteiger partial charge in [0.25, 0.3) is 0 Å². The first-order valence-electron chi connectivity index (χ1n) is 7.86. The summed E-state index contributed by atoms with van der Waals surface area (Å²) in [7, 11) is 0. The van der Waals surface area contributed by atoms with Gasteiger partial charge in [0.15, 0.2) is 5.82 Å². The molecule has 0 amide bonds. The SMILES string of the molecule is CCc1cc2c(N/N=C\c3c(C)[nH]c4ccccc34)ncnc2s1. The summed E-state index contributed by atoms with van der Waals surface area (Å²) in [5, 5.41) is 6.58. The molecule has 0 radical (unpaired) electrons. The molecule has 6 heteroatoms. The molecule has 5 nitrogen and oxygen atoms in total. The third-order valence-electron chi connectivity index (χ3n) is 4.04. The van der Waals surface area contributed by atoms with Crippen LogP contribution in [-0.2, 0) is 6.42 Å². The van der Waals surface area contributed by atoms with Gasteiger partial charge in [-0.2, -0.15) is 5.10 Å². The van der Waals surface area contributed by atoms with Gasteiger partial charge < -0.3 is 4.98 Å². The summed E-state index contributed by atoms with van der Waals surface area (Å²) in [5.74, 6) is 0.740. The highest BCUT2D eigenvalue weighted by Gasteiger charge is 2.08. The number of aryl methyl sites for hydroxylation is 2. The summed E-state index contributed by atoms with van der Waals surface area (Å²) in [6.45, 7) is 4.19. The Kier molecular flexibility index (Phi) is 3.74. The average Bonchev–Trinajstić information content (AvgIpc) is 3.16. The van der Waals surface area contributed by atoms with E-state index in [0.29, 0.717) is 0 Å². The Morgan fingerprint density at radius 1 is 1.25 bits per heavy atom. The van der Waals surface area contributed by atoms with Crippen LogP contribution in [0.25, 0.3) is 21.1 Å². The molecule has 0 aliphatic carbocycles. The van der Waals surface area contributed by atoms with E-state index in [1.54, 1.807) is 17.7 Å².